The average molecular weight is 277 g/mol. The highest BCUT2D eigenvalue weighted by atomic mass is 16.5. The zero-order valence-corrected chi connectivity index (χ0v) is 12.8. The van der Waals surface area contributed by atoms with Gasteiger partial charge in [0.25, 0.3) is 0 Å². The van der Waals surface area contributed by atoms with E-state index in [-0.39, 0.29) is 6.04 Å². The minimum Gasteiger partial charge on any atom is -0.493 e. The van der Waals surface area contributed by atoms with Crippen molar-refractivity contribution in [2.24, 2.45) is 0 Å². The lowest BCUT2D eigenvalue weighted by atomic mass is 9.98. The van der Waals surface area contributed by atoms with Gasteiger partial charge in [0.1, 0.15) is 5.75 Å². The summed E-state index contributed by atoms with van der Waals surface area (Å²) in [7, 11) is 0. The Hall–Kier alpha value is -1.06. The Kier molecular flexibility index (Phi) is 6.34. The molecule has 1 aliphatic heterocycles. The monoisotopic (exact) mass is 277 g/mol. The third kappa shape index (κ3) is 3.97. The highest BCUT2D eigenvalue weighted by Gasteiger charge is 2.20. The van der Waals surface area contributed by atoms with E-state index in [0.29, 0.717) is 6.61 Å². The normalized spacial score (nSPS) is 15.5. The number of para-hydroxylation sites is 1. The number of aryl methyl sites for hydroxylation is 1. The highest BCUT2D eigenvalue weighted by Crippen LogP contribution is 2.33. The van der Waals surface area contributed by atoms with Crippen LogP contribution < -0.4 is 10.1 Å². The van der Waals surface area contributed by atoms with Gasteiger partial charge in [-0.25, -0.2) is 0 Å². The third-order valence-corrected chi connectivity index (χ3v) is 3.61. The summed E-state index contributed by atoms with van der Waals surface area (Å²) in [4.78, 5) is 0. The SMILES string of the molecule is CCCNC(COCCC)c1cccc2c1OCCC2. The van der Waals surface area contributed by atoms with E-state index >= 15 is 0 Å². The first-order valence-corrected chi connectivity index (χ1v) is 7.92. The van der Waals surface area contributed by atoms with Gasteiger partial charge in [0.15, 0.2) is 0 Å². The van der Waals surface area contributed by atoms with E-state index in [1.54, 1.807) is 0 Å². The van der Waals surface area contributed by atoms with E-state index < -0.39 is 0 Å². The number of hydrogen-bond donors (Lipinski definition) is 1. The summed E-state index contributed by atoms with van der Waals surface area (Å²) < 4.78 is 11.7. The average Bonchev–Trinajstić information content (AvgIpc) is 2.50. The molecule has 1 atom stereocenters. The lowest BCUT2D eigenvalue weighted by Crippen LogP contribution is -2.28. The fourth-order valence-corrected chi connectivity index (χ4v) is 2.61. The molecule has 2 rings (SSSR count). The van der Waals surface area contributed by atoms with Crippen LogP contribution in [0.3, 0.4) is 0 Å². The molecular weight excluding hydrogens is 250 g/mol. The van der Waals surface area contributed by atoms with E-state index in [0.717, 1.165) is 51.2 Å². The molecule has 1 heterocycles. The highest BCUT2D eigenvalue weighted by molar-refractivity contribution is 5.44. The lowest BCUT2D eigenvalue weighted by Gasteiger charge is -2.26. The van der Waals surface area contributed by atoms with E-state index in [9.17, 15) is 0 Å². The van der Waals surface area contributed by atoms with Gasteiger partial charge in [0.2, 0.25) is 0 Å². The first-order valence-electron chi connectivity index (χ1n) is 7.92. The predicted octanol–water partition coefficient (Wildman–Crippen LogP) is 3.48. The van der Waals surface area contributed by atoms with Crippen molar-refractivity contribution in [1.29, 1.82) is 0 Å². The van der Waals surface area contributed by atoms with Crippen molar-refractivity contribution in [3.63, 3.8) is 0 Å². The van der Waals surface area contributed by atoms with Crippen molar-refractivity contribution >= 4 is 0 Å². The standard InChI is InChI=1S/C17H27NO2/c1-3-10-18-16(13-19-11-4-2)15-9-5-7-14-8-6-12-20-17(14)15/h5,7,9,16,18H,3-4,6,8,10-13H2,1-2H3. The van der Waals surface area contributed by atoms with Gasteiger partial charge in [-0.15, -0.1) is 0 Å². The summed E-state index contributed by atoms with van der Waals surface area (Å²) in [5.41, 5.74) is 2.60. The molecule has 1 aromatic rings. The summed E-state index contributed by atoms with van der Waals surface area (Å²) in [6.45, 7) is 7.70. The molecule has 0 fully saturated rings. The molecule has 0 spiro atoms. The zero-order chi connectivity index (χ0) is 14.2. The topological polar surface area (TPSA) is 30.5 Å². The zero-order valence-electron chi connectivity index (χ0n) is 12.8. The summed E-state index contributed by atoms with van der Waals surface area (Å²) in [5, 5.41) is 3.59. The van der Waals surface area contributed by atoms with Crippen LogP contribution in [0.2, 0.25) is 0 Å². The molecule has 0 saturated carbocycles. The predicted molar refractivity (Wildman–Crippen MR) is 82.4 cm³/mol. The van der Waals surface area contributed by atoms with Crippen molar-refractivity contribution in [3.05, 3.63) is 29.3 Å². The van der Waals surface area contributed by atoms with Gasteiger partial charge < -0.3 is 14.8 Å². The number of rotatable bonds is 8. The number of hydrogen-bond acceptors (Lipinski definition) is 3. The minimum absolute atomic E-state index is 0.231. The fraction of sp³-hybridized carbons (Fsp3) is 0.647. The molecule has 20 heavy (non-hydrogen) atoms. The molecule has 0 aromatic heterocycles. The second-order valence-corrected chi connectivity index (χ2v) is 5.37. The Morgan fingerprint density at radius 1 is 1.30 bits per heavy atom. The van der Waals surface area contributed by atoms with E-state index in [1.807, 2.05) is 0 Å². The Labute approximate surface area is 122 Å². The smallest absolute Gasteiger partial charge is 0.127 e. The van der Waals surface area contributed by atoms with Crippen LogP contribution in [0.5, 0.6) is 5.75 Å². The summed E-state index contributed by atoms with van der Waals surface area (Å²) in [6.07, 6.45) is 4.43. The summed E-state index contributed by atoms with van der Waals surface area (Å²) in [6, 6.07) is 6.73. The maximum absolute atomic E-state index is 5.93. The van der Waals surface area contributed by atoms with Crippen LogP contribution in [0.1, 0.15) is 50.3 Å². The minimum atomic E-state index is 0.231. The van der Waals surface area contributed by atoms with Gasteiger partial charge in [0.05, 0.1) is 19.3 Å². The summed E-state index contributed by atoms with van der Waals surface area (Å²) >= 11 is 0. The lowest BCUT2D eigenvalue weighted by molar-refractivity contribution is 0.110. The van der Waals surface area contributed by atoms with E-state index in [2.05, 4.69) is 37.4 Å². The van der Waals surface area contributed by atoms with Gasteiger partial charge in [-0.1, -0.05) is 32.0 Å². The van der Waals surface area contributed by atoms with Crippen LogP contribution >= 0.6 is 0 Å². The number of benzene rings is 1. The van der Waals surface area contributed by atoms with Gasteiger partial charge in [-0.05, 0) is 37.8 Å². The maximum Gasteiger partial charge on any atom is 0.127 e. The first-order chi connectivity index (χ1) is 9.86. The van der Waals surface area contributed by atoms with Crippen molar-refractivity contribution < 1.29 is 9.47 Å². The Bertz CT molecular complexity index is 406. The molecule has 112 valence electrons. The van der Waals surface area contributed by atoms with Gasteiger partial charge in [0, 0.05) is 12.2 Å². The van der Waals surface area contributed by atoms with Crippen molar-refractivity contribution in [2.75, 3.05) is 26.4 Å². The fourth-order valence-electron chi connectivity index (χ4n) is 2.61. The molecule has 1 aromatic carbocycles. The van der Waals surface area contributed by atoms with Crippen molar-refractivity contribution in [1.82, 2.24) is 5.32 Å². The quantitative estimate of drug-likeness (QED) is 0.738. The van der Waals surface area contributed by atoms with Crippen molar-refractivity contribution in [2.45, 2.75) is 45.6 Å². The first kappa shape index (κ1) is 15.3. The molecule has 3 nitrogen and oxygen atoms in total. The second-order valence-electron chi connectivity index (χ2n) is 5.37. The van der Waals surface area contributed by atoms with Gasteiger partial charge in [-0.2, -0.15) is 0 Å². The molecule has 0 radical (unpaired) electrons. The van der Waals surface area contributed by atoms with Crippen molar-refractivity contribution in [3.8, 4) is 5.75 Å². The molecule has 1 unspecified atom stereocenters. The van der Waals surface area contributed by atoms with E-state index in [1.165, 1.54) is 11.1 Å². The van der Waals surface area contributed by atoms with Gasteiger partial charge >= 0.3 is 0 Å². The molecule has 0 amide bonds. The van der Waals surface area contributed by atoms with Crippen LogP contribution in [-0.2, 0) is 11.2 Å². The van der Waals surface area contributed by atoms with Crippen LogP contribution in [0.25, 0.3) is 0 Å². The number of fused-ring (bicyclic) bond motifs is 1. The van der Waals surface area contributed by atoms with Crippen LogP contribution in [-0.4, -0.2) is 26.4 Å². The Morgan fingerprint density at radius 2 is 2.20 bits per heavy atom. The molecule has 0 saturated heterocycles. The molecule has 0 aliphatic carbocycles. The number of ether oxygens (including phenoxy) is 2. The largest absolute Gasteiger partial charge is 0.493 e. The second kappa shape index (κ2) is 8.28. The molecule has 0 bridgehead atoms. The number of nitrogens with one attached hydrogen (secondary N) is 1. The Balaban J connectivity index is 2.14. The summed E-state index contributed by atoms with van der Waals surface area (Å²) in [5.74, 6) is 1.09. The van der Waals surface area contributed by atoms with Crippen LogP contribution in [0, 0.1) is 0 Å². The molecule has 1 aliphatic rings. The van der Waals surface area contributed by atoms with Crippen LogP contribution in [0.4, 0.5) is 0 Å². The molecule has 1 N–H and O–H groups in total. The van der Waals surface area contributed by atoms with Crippen LogP contribution in [0.15, 0.2) is 18.2 Å². The Morgan fingerprint density at radius 3 is 3.00 bits per heavy atom. The van der Waals surface area contributed by atoms with Gasteiger partial charge in [-0.3, -0.25) is 0 Å². The molecular formula is C17H27NO2. The van der Waals surface area contributed by atoms with E-state index in [4.69, 9.17) is 9.47 Å². The maximum atomic E-state index is 5.93. The third-order valence-electron chi connectivity index (χ3n) is 3.61. The molecule has 3 heteroatoms.